The van der Waals surface area contributed by atoms with E-state index in [0.29, 0.717) is 0 Å². The van der Waals surface area contributed by atoms with Gasteiger partial charge in [0.2, 0.25) is 0 Å². The molecule has 1 atom stereocenters. The van der Waals surface area contributed by atoms with Crippen molar-refractivity contribution in [2.45, 2.75) is 33.6 Å². The van der Waals surface area contributed by atoms with Crippen LogP contribution in [0, 0.1) is 26.7 Å². The van der Waals surface area contributed by atoms with Crippen LogP contribution in [-0.4, -0.2) is 20.2 Å². The fourth-order valence-electron chi connectivity index (χ4n) is 2.80. The molecule has 1 aliphatic rings. The van der Waals surface area contributed by atoms with Crippen molar-refractivity contribution in [3.63, 3.8) is 0 Å². The number of hydrogen-bond donors (Lipinski definition) is 1. The number of ether oxygens (including phenoxy) is 1. The number of benzene rings is 1. The van der Waals surface area contributed by atoms with E-state index in [1.54, 1.807) is 7.11 Å². The molecule has 94 valence electrons. The molecule has 1 fully saturated rings. The fourth-order valence-corrected chi connectivity index (χ4v) is 2.80. The van der Waals surface area contributed by atoms with Gasteiger partial charge in [-0.15, -0.1) is 0 Å². The third kappa shape index (κ3) is 2.47. The first-order valence-electron chi connectivity index (χ1n) is 6.48. The van der Waals surface area contributed by atoms with E-state index in [9.17, 15) is 0 Å². The third-order valence-electron chi connectivity index (χ3n) is 4.08. The maximum Gasteiger partial charge on any atom is 0.122 e. The Morgan fingerprint density at radius 3 is 2.65 bits per heavy atom. The van der Waals surface area contributed by atoms with Crippen LogP contribution in [-0.2, 0) is 6.42 Å². The van der Waals surface area contributed by atoms with Gasteiger partial charge in [-0.05, 0) is 80.9 Å². The van der Waals surface area contributed by atoms with Crippen LogP contribution in [0.5, 0.6) is 5.75 Å². The van der Waals surface area contributed by atoms with Crippen LogP contribution in [0.15, 0.2) is 6.07 Å². The van der Waals surface area contributed by atoms with Crippen LogP contribution in [0.1, 0.15) is 28.7 Å². The van der Waals surface area contributed by atoms with E-state index in [0.717, 1.165) is 11.7 Å². The van der Waals surface area contributed by atoms with E-state index in [1.165, 1.54) is 48.2 Å². The molecule has 2 rings (SSSR count). The van der Waals surface area contributed by atoms with Gasteiger partial charge in [-0.25, -0.2) is 0 Å². The summed E-state index contributed by atoms with van der Waals surface area (Å²) in [5.74, 6) is 1.83. The van der Waals surface area contributed by atoms with Crippen LogP contribution < -0.4 is 10.1 Å². The molecule has 1 aliphatic heterocycles. The molecule has 2 nitrogen and oxygen atoms in total. The SMILES string of the molecule is COc1cc(C)c(CC2CCNC2)c(C)c1C. The summed E-state index contributed by atoms with van der Waals surface area (Å²) in [5.41, 5.74) is 5.60. The molecule has 1 aromatic carbocycles. The summed E-state index contributed by atoms with van der Waals surface area (Å²) in [5, 5.41) is 3.44. The van der Waals surface area contributed by atoms with Gasteiger partial charge >= 0.3 is 0 Å². The Bertz CT molecular complexity index is 406. The van der Waals surface area contributed by atoms with Crippen molar-refractivity contribution < 1.29 is 4.74 Å². The van der Waals surface area contributed by atoms with Gasteiger partial charge < -0.3 is 10.1 Å². The van der Waals surface area contributed by atoms with Crippen LogP contribution in [0.2, 0.25) is 0 Å². The first-order chi connectivity index (χ1) is 8.13. The summed E-state index contributed by atoms with van der Waals surface area (Å²) in [6.45, 7) is 8.93. The third-order valence-corrected chi connectivity index (χ3v) is 4.08. The number of hydrogen-bond acceptors (Lipinski definition) is 2. The minimum atomic E-state index is 0.806. The van der Waals surface area contributed by atoms with E-state index >= 15 is 0 Å². The Kier molecular flexibility index (Phi) is 3.72. The second-order valence-electron chi connectivity index (χ2n) is 5.19. The lowest BCUT2D eigenvalue weighted by Crippen LogP contribution is -2.12. The second kappa shape index (κ2) is 5.09. The largest absolute Gasteiger partial charge is 0.496 e. The van der Waals surface area contributed by atoms with Gasteiger partial charge in [-0.2, -0.15) is 0 Å². The minimum Gasteiger partial charge on any atom is -0.496 e. The minimum absolute atomic E-state index is 0.806. The molecular weight excluding hydrogens is 210 g/mol. The van der Waals surface area contributed by atoms with Crippen molar-refractivity contribution in [2.75, 3.05) is 20.2 Å². The lowest BCUT2D eigenvalue weighted by atomic mass is 9.89. The molecule has 1 saturated heterocycles. The zero-order chi connectivity index (χ0) is 12.4. The molecule has 0 aromatic heterocycles. The van der Waals surface area contributed by atoms with Gasteiger partial charge in [0.15, 0.2) is 0 Å². The molecule has 1 N–H and O–H groups in total. The highest BCUT2D eigenvalue weighted by Crippen LogP contribution is 2.29. The van der Waals surface area contributed by atoms with Crippen molar-refractivity contribution in [3.05, 3.63) is 28.3 Å². The highest BCUT2D eigenvalue weighted by atomic mass is 16.5. The first-order valence-corrected chi connectivity index (χ1v) is 6.48. The first kappa shape index (κ1) is 12.4. The summed E-state index contributed by atoms with van der Waals surface area (Å²) in [6, 6.07) is 2.18. The molecule has 0 spiro atoms. The van der Waals surface area contributed by atoms with Crippen LogP contribution in [0.3, 0.4) is 0 Å². The monoisotopic (exact) mass is 233 g/mol. The molecule has 0 amide bonds. The summed E-state index contributed by atoms with van der Waals surface area (Å²) >= 11 is 0. The van der Waals surface area contributed by atoms with E-state index < -0.39 is 0 Å². The number of nitrogens with one attached hydrogen (secondary N) is 1. The van der Waals surface area contributed by atoms with Crippen molar-refractivity contribution >= 4 is 0 Å². The Hall–Kier alpha value is -1.02. The fraction of sp³-hybridized carbons (Fsp3) is 0.600. The highest BCUT2D eigenvalue weighted by molar-refractivity contribution is 5.48. The predicted octanol–water partition coefficient (Wildman–Crippen LogP) is 2.77. The van der Waals surface area contributed by atoms with Gasteiger partial charge in [0.05, 0.1) is 7.11 Å². The summed E-state index contributed by atoms with van der Waals surface area (Å²) in [4.78, 5) is 0. The summed E-state index contributed by atoms with van der Waals surface area (Å²) in [7, 11) is 1.75. The quantitative estimate of drug-likeness (QED) is 0.867. The van der Waals surface area contributed by atoms with E-state index in [2.05, 4.69) is 32.2 Å². The second-order valence-corrected chi connectivity index (χ2v) is 5.19. The summed E-state index contributed by atoms with van der Waals surface area (Å²) < 4.78 is 5.42. The molecule has 2 heteroatoms. The molecule has 0 aliphatic carbocycles. The van der Waals surface area contributed by atoms with Crippen molar-refractivity contribution in [3.8, 4) is 5.75 Å². The van der Waals surface area contributed by atoms with Crippen LogP contribution in [0.4, 0.5) is 0 Å². The molecule has 1 aromatic rings. The maximum atomic E-state index is 5.42. The smallest absolute Gasteiger partial charge is 0.122 e. The van der Waals surface area contributed by atoms with Gasteiger partial charge in [0.25, 0.3) is 0 Å². The van der Waals surface area contributed by atoms with Crippen molar-refractivity contribution in [2.24, 2.45) is 5.92 Å². The van der Waals surface area contributed by atoms with E-state index in [-0.39, 0.29) is 0 Å². The van der Waals surface area contributed by atoms with E-state index in [1.807, 2.05) is 0 Å². The number of rotatable bonds is 3. The lowest BCUT2D eigenvalue weighted by Gasteiger charge is -2.18. The van der Waals surface area contributed by atoms with Crippen molar-refractivity contribution in [1.82, 2.24) is 5.32 Å². The van der Waals surface area contributed by atoms with Crippen LogP contribution in [0.25, 0.3) is 0 Å². The molecule has 0 bridgehead atoms. The average molecular weight is 233 g/mol. The standard InChI is InChI=1S/C15H23NO/c1-10-7-15(17-4)12(3)11(2)14(10)8-13-5-6-16-9-13/h7,13,16H,5-6,8-9H2,1-4H3. The topological polar surface area (TPSA) is 21.3 Å². The molecule has 1 unspecified atom stereocenters. The van der Waals surface area contributed by atoms with Gasteiger partial charge in [0.1, 0.15) is 5.75 Å². The normalized spacial score (nSPS) is 19.6. The predicted molar refractivity (Wildman–Crippen MR) is 71.9 cm³/mol. The Morgan fingerprint density at radius 1 is 1.29 bits per heavy atom. The summed E-state index contributed by atoms with van der Waals surface area (Å²) in [6.07, 6.45) is 2.51. The average Bonchev–Trinajstić information content (AvgIpc) is 2.82. The van der Waals surface area contributed by atoms with Gasteiger partial charge in [-0.1, -0.05) is 0 Å². The highest BCUT2D eigenvalue weighted by Gasteiger charge is 2.18. The van der Waals surface area contributed by atoms with Gasteiger partial charge in [-0.3, -0.25) is 0 Å². The Labute approximate surface area is 104 Å². The van der Waals surface area contributed by atoms with Crippen molar-refractivity contribution in [1.29, 1.82) is 0 Å². The maximum absolute atomic E-state index is 5.42. The molecule has 0 radical (unpaired) electrons. The van der Waals surface area contributed by atoms with E-state index in [4.69, 9.17) is 4.74 Å². The molecule has 1 heterocycles. The zero-order valence-electron chi connectivity index (χ0n) is 11.4. The number of aryl methyl sites for hydroxylation is 1. The molecule has 0 saturated carbocycles. The lowest BCUT2D eigenvalue weighted by molar-refractivity contribution is 0.410. The Morgan fingerprint density at radius 2 is 2.06 bits per heavy atom. The molecule has 17 heavy (non-hydrogen) atoms. The van der Waals surface area contributed by atoms with Gasteiger partial charge in [0, 0.05) is 0 Å². The number of methoxy groups -OCH3 is 1. The zero-order valence-corrected chi connectivity index (χ0v) is 11.4. The van der Waals surface area contributed by atoms with Crippen LogP contribution >= 0.6 is 0 Å². The molecular formula is C15H23NO. The Balaban J connectivity index is 2.29.